The Kier molecular flexibility index (Phi) is 6.12. The van der Waals surface area contributed by atoms with Gasteiger partial charge in [0.1, 0.15) is 11.4 Å². The number of alkyl halides is 1. The molecule has 3 heteroatoms. The number of fused-ring (bicyclic) bond motifs is 4. The molecule has 5 rings (SSSR count). The largest absolute Gasteiger partial charge is 0.461 e. The summed E-state index contributed by atoms with van der Waals surface area (Å²) < 4.78 is 6.26. The Labute approximate surface area is 205 Å². The van der Waals surface area contributed by atoms with Crippen LogP contribution in [0.2, 0.25) is 0 Å². The van der Waals surface area contributed by atoms with E-state index in [2.05, 4.69) is 50.5 Å². The van der Waals surface area contributed by atoms with E-state index in [0.717, 1.165) is 47.8 Å². The van der Waals surface area contributed by atoms with Crippen molar-refractivity contribution in [1.29, 1.82) is 0 Å². The topological polar surface area (TPSA) is 26.3 Å². The van der Waals surface area contributed by atoms with E-state index >= 15 is 0 Å². The number of rotatable bonds is 7. The van der Waals surface area contributed by atoms with E-state index < -0.39 is 0 Å². The van der Waals surface area contributed by atoms with Gasteiger partial charge in [0.2, 0.25) is 0 Å². The average molecular weight is 508 g/mol. The number of hydrogen-bond donors (Lipinski definition) is 0. The Bertz CT molecular complexity index is 735. The van der Waals surface area contributed by atoms with Crippen molar-refractivity contribution in [2.24, 2.45) is 57.7 Å². The van der Waals surface area contributed by atoms with Crippen LogP contribution in [0.25, 0.3) is 0 Å². The Morgan fingerprint density at radius 1 is 1.03 bits per heavy atom. The molecule has 10 atom stereocenters. The maximum atomic E-state index is 12.4. The number of carbonyl (C=O) groups is 1. The summed E-state index contributed by atoms with van der Waals surface area (Å²) in [4.78, 5) is 12.4. The number of halogens is 1. The van der Waals surface area contributed by atoms with Crippen molar-refractivity contribution < 1.29 is 9.53 Å². The molecule has 0 radical (unpaired) electrons. The van der Waals surface area contributed by atoms with Crippen molar-refractivity contribution in [2.75, 3.05) is 5.33 Å². The van der Waals surface area contributed by atoms with Crippen LogP contribution in [0.15, 0.2) is 0 Å². The molecule has 0 heterocycles. The lowest BCUT2D eigenvalue weighted by Gasteiger charge is -2.60. The fourth-order valence-corrected chi connectivity index (χ4v) is 10.8. The first-order valence-electron chi connectivity index (χ1n) is 13.9. The molecule has 0 N–H and O–H groups in total. The van der Waals surface area contributed by atoms with E-state index in [0.29, 0.717) is 21.6 Å². The SMILES string of the molecule is CC(C)CCC[C@H](C)[C@@H]1CC[C@@H]2[C@@H]3C[C@H](OC(=O)CBr)[C@]45C[C@H]4CC[C@]5(C)[C@H]3CC[C@]21C. The molecule has 5 aliphatic rings. The fourth-order valence-electron chi connectivity index (χ4n) is 10.6. The molecule has 2 nitrogen and oxygen atoms in total. The molecule has 32 heavy (non-hydrogen) atoms. The van der Waals surface area contributed by atoms with Crippen LogP contribution >= 0.6 is 15.9 Å². The minimum absolute atomic E-state index is 0.0376. The number of carbonyl (C=O) groups excluding carboxylic acids is 1. The highest BCUT2D eigenvalue weighted by molar-refractivity contribution is 9.09. The number of hydrogen-bond acceptors (Lipinski definition) is 2. The third kappa shape index (κ3) is 3.32. The molecule has 0 saturated heterocycles. The highest BCUT2D eigenvalue weighted by Crippen LogP contribution is 2.82. The average Bonchev–Trinajstić information content (AvgIpc) is 3.26. The molecule has 5 fully saturated rings. The van der Waals surface area contributed by atoms with Gasteiger partial charge < -0.3 is 4.74 Å². The van der Waals surface area contributed by atoms with Crippen molar-refractivity contribution in [3.8, 4) is 0 Å². The summed E-state index contributed by atoms with van der Waals surface area (Å²) >= 11 is 3.36. The first kappa shape index (κ1) is 23.7. The molecule has 5 saturated carbocycles. The molecule has 0 unspecified atom stereocenters. The standard InChI is InChI=1S/C29H47BrO2/c1-18(2)7-6-8-19(3)22-9-10-23-21-15-25(32-26(31)17-30)29-16-20(29)11-14-28(29,5)24(21)12-13-27(22,23)4/h18-25H,6-17H2,1-5H3/t19-,20+,21-,22-,23+,24-,25-,27-,28+,29-/m0/s1. The summed E-state index contributed by atoms with van der Waals surface area (Å²) in [6.07, 6.45) is 15.3. The number of esters is 1. The maximum Gasteiger partial charge on any atom is 0.316 e. The molecule has 1 spiro atoms. The highest BCUT2D eigenvalue weighted by atomic mass is 79.9. The summed E-state index contributed by atoms with van der Waals surface area (Å²) in [5.74, 6) is 5.84. The van der Waals surface area contributed by atoms with Gasteiger partial charge in [-0.3, -0.25) is 4.79 Å². The minimum Gasteiger partial charge on any atom is -0.461 e. The number of ether oxygens (including phenoxy) is 1. The maximum absolute atomic E-state index is 12.4. The molecule has 182 valence electrons. The van der Waals surface area contributed by atoms with Gasteiger partial charge in [-0.15, -0.1) is 0 Å². The van der Waals surface area contributed by atoms with E-state index in [1.807, 2.05) is 0 Å². The summed E-state index contributed by atoms with van der Waals surface area (Å²) in [5, 5.41) is 0.339. The predicted molar refractivity (Wildman–Crippen MR) is 135 cm³/mol. The zero-order valence-corrected chi connectivity index (χ0v) is 22.9. The molecule has 5 aliphatic carbocycles. The smallest absolute Gasteiger partial charge is 0.316 e. The van der Waals surface area contributed by atoms with Gasteiger partial charge in [-0.1, -0.05) is 69.8 Å². The van der Waals surface area contributed by atoms with Crippen LogP contribution in [-0.4, -0.2) is 17.4 Å². The van der Waals surface area contributed by atoms with E-state index in [4.69, 9.17) is 4.74 Å². The normalized spacial score (nSPS) is 49.7. The lowest BCUT2D eigenvalue weighted by molar-refractivity contribution is -0.181. The minimum atomic E-state index is -0.0376. The van der Waals surface area contributed by atoms with Gasteiger partial charge in [0.25, 0.3) is 0 Å². The van der Waals surface area contributed by atoms with E-state index in [9.17, 15) is 4.79 Å². The Balaban J connectivity index is 1.37. The fraction of sp³-hybridized carbons (Fsp3) is 0.966. The first-order valence-corrected chi connectivity index (χ1v) is 15.0. The molecule has 0 aromatic carbocycles. The van der Waals surface area contributed by atoms with Crippen LogP contribution in [0.1, 0.15) is 105 Å². The van der Waals surface area contributed by atoms with Gasteiger partial charge >= 0.3 is 5.97 Å². The van der Waals surface area contributed by atoms with Gasteiger partial charge in [0.15, 0.2) is 0 Å². The summed E-state index contributed by atoms with van der Waals surface area (Å²) in [7, 11) is 0. The molecule has 0 bridgehead atoms. The van der Waals surface area contributed by atoms with E-state index in [1.165, 1.54) is 64.2 Å². The van der Waals surface area contributed by atoms with Crippen LogP contribution in [-0.2, 0) is 9.53 Å². The van der Waals surface area contributed by atoms with Crippen LogP contribution < -0.4 is 0 Å². The van der Waals surface area contributed by atoms with Gasteiger partial charge in [0.05, 0.1) is 0 Å². The van der Waals surface area contributed by atoms with E-state index in [1.54, 1.807) is 0 Å². The van der Waals surface area contributed by atoms with Crippen molar-refractivity contribution in [3.63, 3.8) is 0 Å². The second-order valence-electron chi connectivity index (χ2n) is 13.7. The Hall–Kier alpha value is -0.0500. The molecule has 0 amide bonds. The molecule has 0 aromatic heterocycles. The third-order valence-electron chi connectivity index (χ3n) is 12.1. The first-order chi connectivity index (χ1) is 15.2. The lowest BCUT2D eigenvalue weighted by atomic mass is 9.45. The second kappa shape index (κ2) is 8.27. The highest BCUT2D eigenvalue weighted by Gasteiger charge is 2.78. The van der Waals surface area contributed by atoms with Crippen LogP contribution in [0.4, 0.5) is 0 Å². The quantitative estimate of drug-likeness (QED) is 0.258. The molecular formula is C29H47BrO2. The summed E-state index contributed by atoms with van der Waals surface area (Å²) in [5.41, 5.74) is 1.23. The van der Waals surface area contributed by atoms with Crippen molar-refractivity contribution >= 4 is 21.9 Å². The third-order valence-corrected chi connectivity index (χ3v) is 12.6. The zero-order chi connectivity index (χ0) is 22.9. The van der Waals surface area contributed by atoms with Crippen LogP contribution in [0.3, 0.4) is 0 Å². The van der Waals surface area contributed by atoms with Crippen molar-refractivity contribution in [1.82, 2.24) is 0 Å². The second-order valence-corrected chi connectivity index (χ2v) is 14.2. The van der Waals surface area contributed by atoms with Crippen molar-refractivity contribution in [2.45, 2.75) is 111 Å². The molecule has 0 aliphatic heterocycles. The molecular weight excluding hydrogens is 460 g/mol. The monoisotopic (exact) mass is 506 g/mol. The van der Waals surface area contributed by atoms with Gasteiger partial charge in [0, 0.05) is 5.41 Å². The summed E-state index contributed by atoms with van der Waals surface area (Å²) in [6.45, 7) is 12.6. The Morgan fingerprint density at radius 2 is 1.81 bits per heavy atom. The van der Waals surface area contributed by atoms with Crippen LogP contribution in [0, 0.1) is 57.7 Å². The summed E-state index contributed by atoms with van der Waals surface area (Å²) in [6, 6.07) is 0. The lowest BCUT2D eigenvalue weighted by Crippen LogP contribution is -2.57. The van der Waals surface area contributed by atoms with Crippen molar-refractivity contribution in [3.05, 3.63) is 0 Å². The van der Waals surface area contributed by atoms with Gasteiger partial charge in [-0.2, -0.15) is 0 Å². The van der Waals surface area contributed by atoms with Gasteiger partial charge in [-0.25, -0.2) is 0 Å². The Morgan fingerprint density at radius 3 is 2.50 bits per heavy atom. The zero-order valence-electron chi connectivity index (χ0n) is 21.3. The van der Waals surface area contributed by atoms with E-state index in [-0.39, 0.29) is 12.1 Å². The van der Waals surface area contributed by atoms with Crippen LogP contribution in [0.5, 0.6) is 0 Å². The predicted octanol–water partition coefficient (Wildman–Crippen LogP) is 8.02. The van der Waals surface area contributed by atoms with Gasteiger partial charge in [-0.05, 0) is 104 Å². The molecule has 0 aromatic rings.